The van der Waals surface area contributed by atoms with Crippen LogP contribution in [0.3, 0.4) is 0 Å². The summed E-state index contributed by atoms with van der Waals surface area (Å²) in [7, 11) is 1.88. The zero-order valence-corrected chi connectivity index (χ0v) is 12.6. The van der Waals surface area contributed by atoms with Gasteiger partial charge in [-0.1, -0.05) is 19.1 Å². The van der Waals surface area contributed by atoms with E-state index in [2.05, 4.69) is 12.2 Å². The summed E-state index contributed by atoms with van der Waals surface area (Å²) < 4.78 is 5.42. The molecular formula is C16H24N2O2. The number of nitrogens with zero attached hydrogens (tertiary/aromatic N) is 1. The van der Waals surface area contributed by atoms with Gasteiger partial charge in [-0.3, -0.25) is 4.79 Å². The minimum atomic E-state index is 0.114. The van der Waals surface area contributed by atoms with E-state index >= 15 is 0 Å². The summed E-state index contributed by atoms with van der Waals surface area (Å²) in [6.45, 7) is 7.16. The van der Waals surface area contributed by atoms with Gasteiger partial charge in [-0.05, 0) is 37.1 Å². The second kappa shape index (κ2) is 6.75. The van der Waals surface area contributed by atoms with Gasteiger partial charge in [-0.15, -0.1) is 0 Å². The van der Waals surface area contributed by atoms with Crippen LogP contribution in [0.1, 0.15) is 19.4 Å². The zero-order chi connectivity index (χ0) is 14.5. The van der Waals surface area contributed by atoms with Gasteiger partial charge in [0.05, 0.1) is 12.5 Å². The molecule has 1 N–H and O–H groups in total. The normalized spacial score (nSPS) is 21.8. The van der Waals surface area contributed by atoms with Gasteiger partial charge in [0.1, 0.15) is 5.75 Å². The highest BCUT2D eigenvalue weighted by Crippen LogP contribution is 2.19. The van der Waals surface area contributed by atoms with E-state index < -0.39 is 0 Å². The van der Waals surface area contributed by atoms with Crippen LogP contribution in [-0.4, -0.2) is 37.6 Å². The van der Waals surface area contributed by atoms with Crippen LogP contribution in [0.25, 0.3) is 0 Å². The molecule has 0 saturated carbocycles. The van der Waals surface area contributed by atoms with Crippen molar-refractivity contribution in [2.24, 2.45) is 11.8 Å². The second-order valence-electron chi connectivity index (χ2n) is 5.51. The number of carbonyl (C=O) groups is 1. The first kappa shape index (κ1) is 14.9. The number of hydrogen-bond acceptors (Lipinski definition) is 3. The number of ether oxygens (including phenoxy) is 1. The molecule has 0 aliphatic carbocycles. The maximum absolute atomic E-state index is 12.4. The Kier molecular flexibility index (Phi) is 5.01. The van der Waals surface area contributed by atoms with Crippen LogP contribution in [0.5, 0.6) is 5.75 Å². The molecule has 1 aromatic rings. The number of carbonyl (C=O) groups excluding carboxylic acids is 1. The van der Waals surface area contributed by atoms with E-state index in [1.807, 2.05) is 43.1 Å². The molecule has 0 bridgehead atoms. The summed E-state index contributed by atoms with van der Waals surface area (Å²) in [6.07, 6.45) is 0. The molecule has 1 aliphatic rings. The van der Waals surface area contributed by atoms with E-state index in [-0.39, 0.29) is 11.8 Å². The quantitative estimate of drug-likeness (QED) is 0.893. The molecule has 2 atom stereocenters. The molecule has 2 unspecified atom stereocenters. The van der Waals surface area contributed by atoms with E-state index in [0.29, 0.717) is 19.1 Å². The number of nitrogens with one attached hydrogen (secondary N) is 1. The largest absolute Gasteiger partial charge is 0.494 e. The first-order chi connectivity index (χ1) is 9.61. The lowest BCUT2D eigenvalue weighted by atomic mass is 9.96. The molecule has 4 heteroatoms. The Bertz CT molecular complexity index is 444. The minimum Gasteiger partial charge on any atom is -0.494 e. The van der Waals surface area contributed by atoms with E-state index in [9.17, 15) is 4.79 Å². The van der Waals surface area contributed by atoms with Crippen molar-refractivity contribution >= 4 is 5.91 Å². The summed E-state index contributed by atoms with van der Waals surface area (Å²) >= 11 is 0. The Morgan fingerprint density at radius 1 is 1.35 bits per heavy atom. The molecule has 1 amide bonds. The summed E-state index contributed by atoms with van der Waals surface area (Å²) in [5.74, 6) is 1.64. The number of hydrogen-bond donors (Lipinski definition) is 1. The SMILES string of the molecule is CCOc1ccc(CN(C)C(=O)C2CNCC2C)cc1. The Labute approximate surface area is 121 Å². The van der Waals surface area contributed by atoms with Crippen LogP contribution in [0.4, 0.5) is 0 Å². The van der Waals surface area contributed by atoms with E-state index in [4.69, 9.17) is 4.74 Å². The van der Waals surface area contributed by atoms with Crippen molar-refractivity contribution in [2.45, 2.75) is 20.4 Å². The maximum Gasteiger partial charge on any atom is 0.227 e. The lowest BCUT2D eigenvalue weighted by molar-refractivity contribution is -0.135. The maximum atomic E-state index is 12.4. The van der Waals surface area contributed by atoms with Crippen molar-refractivity contribution in [1.29, 1.82) is 0 Å². The highest BCUT2D eigenvalue weighted by molar-refractivity contribution is 5.79. The fourth-order valence-electron chi connectivity index (χ4n) is 2.63. The van der Waals surface area contributed by atoms with Crippen LogP contribution >= 0.6 is 0 Å². The molecule has 0 spiro atoms. The third kappa shape index (κ3) is 3.51. The molecule has 110 valence electrons. The highest BCUT2D eigenvalue weighted by Gasteiger charge is 2.31. The summed E-state index contributed by atoms with van der Waals surface area (Å²) in [5, 5.41) is 3.28. The summed E-state index contributed by atoms with van der Waals surface area (Å²) in [6, 6.07) is 7.95. The van der Waals surface area contributed by atoms with Crippen LogP contribution in [0.2, 0.25) is 0 Å². The molecule has 1 fully saturated rings. The molecular weight excluding hydrogens is 252 g/mol. The molecule has 2 rings (SSSR count). The average Bonchev–Trinajstić information content (AvgIpc) is 2.86. The molecule has 1 saturated heterocycles. The number of amides is 1. The van der Waals surface area contributed by atoms with Crippen molar-refractivity contribution in [1.82, 2.24) is 10.2 Å². The van der Waals surface area contributed by atoms with Gasteiger partial charge >= 0.3 is 0 Å². The van der Waals surface area contributed by atoms with Crippen molar-refractivity contribution in [3.05, 3.63) is 29.8 Å². The molecule has 4 nitrogen and oxygen atoms in total. The van der Waals surface area contributed by atoms with Gasteiger partial charge in [0.25, 0.3) is 0 Å². The van der Waals surface area contributed by atoms with Crippen LogP contribution in [-0.2, 0) is 11.3 Å². The van der Waals surface area contributed by atoms with Crippen molar-refractivity contribution in [2.75, 3.05) is 26.7 Å². The molecule has 1 heterocycles. The Balaban J connectivity index is 1.93. The van der Waals surface area contributed by atoms with E-state index in [1.165, 1.54) is 0 Å². The molecule has 0 radical (unpaired) electrons. The third-order valence-corrected chi connectivity index (χ3v) is 3.86. The van der Waals surface area contributed by atoms with E-state index in [1.54, 1.807) is 0 Å². The first-order valence-corrected chi connectivity index (χ1v) is 7.29. The van der Waals surface area contributed by atoms with E-state index in [0.717, 1.165) is 24.4 Å². The monoisotopic (exact) mass is 276 g/mol. The number of benzene rings is 1. The standard InChI is InChI=1S/C16H24N2O2/c1-4-20-14-7-5-13(6-8-14)11-18(3)16(19)15-10-17-9-12(15)2/h5-8,12,15,17H,4,9-11H2,1-3H3. The fourth-order valence-corrected chi connectivity index (χ4v) is 2.63. The van der Waals surface area contributed by atoms with Crippen molar-refractivity contribution in [3.8, 4) is 5.75 Å². The Morgan fingerprint density at radius 2 is 2.05 bits per heavy atom. The zero-order valence-electron chi connectivity index (χ0n) is 12.6. The first-order valence-electron chi connectivity index (χ1n) is 7.29. The molecule has 1 aliphatic heterocycles. The minimum absolute atomic E-state index is 0.114. The van der Waals surface area contributed by atoms with Crippen molar-refractivity contribution < 1.29 is 9.53 Å². The fraction of sp³-hybridized carbons (Fsp3) is 0.562. The molecule has 0 aromatic heterocycles. The predicted molar refractivity (Wildman–Crippen MR) is 79.6 cm³/mol. The van der Waals surface area contributed by atoms with Gasteiger partial charge in [-0.25, -0.2) is 0 Å². The highest BCUT2D eigenvalue weighted by atomic mass is 16.5. The molecule has 20 heavy (non-hydrogen) atoms. The number of rotatable bonds is 5. The van der Waals surface area contributed by atoms with Gasteiger partial charge < -0.3 is 15.0 Å². The van der Waals surface area contributed by atoms with Crippen LogP contribution < -0.4 is 10.1 Å². The van der Waals surface area contributed by atoms with Crippen LogP contribution in [0, 0.1) is 11.8 Å². The van der Waals surface area contributed by atoms with Gasteiger partial charge in [-0.2, -0.15) is 0 Å². The Morgan fingerprint density at radius 3 is 2.60 bits per heavy atom. The summed E-state index contributed by atoms with van der Waals surface area (Å²) in [4.78, 5) is 14.2. The van der Waals surface area contributed by atoms with Gasteiger partial charge in [0.15, 0.2) is 0 Å². The Hall–Kier alpha value is -1.55. The smallest absolute Gasteiger partial charge is 0.227 e. The van der Waals surface area contributed by atoms with Crippen molar-refractivity contribution in [3.63, 3.8) is 0 Å². The average molecular weight is 276 g/mol. The third-order valence-electron chi connectivity index (χ3n) is 3.86. The van der Waals surface area contributed by atoms with Gasteiger partial charge in [0.2, 0.25) is 5.91 Å². The van der Waals surface area contributed by atoms with Gasteiger partial charge in [0, 0.05) is 20.1 Å². The van der Waals surface area contributed by atoms with Crippen LogP contribution in [0.15, 0.2) is 24.3 Å². The lowest BCUT2D eigenvalue weighted by Gasteiger charge is -2.23. The molecule has 1 aromatic carbocycles. The topological polar surface area (TPSA) is 41.6 Å². The summed E-state index contributed by atoms with van der Waals surface area (Å²) in [5.41, 5.74) is 1.13. The lowest BCUT2D eigenvalue weighted by Crippen LogP contribution is -2.35. The predicted octanol–water partition coefficient (Wildman–Crippen LogP) is 1.90. The second-order valence-corrected chi connectivity index (χ2v) is 5.51.